The van der Waals surface area contributed by atoms with E-state index < -0.39 is 0 Å². The van der Waals surface area contributed by atoms with Gasteiger partial charge in [-0.05, 0) is 61.2 Å². The van der Waals surface area contributed by atoms with Crippen LogP contribution in [-0.2, 0) is 17.6 Å². The lowest BCUT2D eigenvalue weighted by Gasteiger charge is -2.10. The van der Waals surface area contributed by atoms with Crippen molar-refractivity contribution in [3.8, 4) is 17.2 Å². The number of benzene rings is 2. The third kappa shape index (κ3) is 5.34. The molecule has 0 unspecified atom stereocenters. The summed E-state index contributed by atoms with van der Waals surface area (Å²) in [6.45, 7) is 4.48. The Morgan fingerprint density at radius 1 is 0.943 bits per heavy atom. The van der Waals surface area contributed by atoms with Gasteiger partial charge in [0.15, 0.2) is 11.5 Å². The summed E-state index contributed by atoms with van der Waals surface area (Å²) in [5, 5.41) is 11.2. The number of carbonyl (C=O) groups excluding carboxylic acids is 1. The zero-order valence-corrected chi connectivity index (χ0v) is 20.4. The summed E-state index contributed by atoms with van der Waals surface area (Å²) < 4.78 is 13.8. The molecule has 4 rings (SSSR count). The summed E-state index contributed by atoms with van der Waals surface area (Å²) in [4.78, 5) is 25.4. The Kier molecular flexibility index (Phi) is 7.14. The lowest BCUT2D eigenvalue weighted by molar-refractivity contribution is -0.121. The minimum Gasteiger partial charge on any atom is -0.493 e. The fourth-order valence-corrected chi connectivity index (χ4v) is 4.09. The molecule has 0 saturated heterocycles. The van der Waals surface area contributed by atoms with E-state index in [1.807, 2.05) is 44.2 Å². The molecule has 0 bridgehead atoms. The van der Waals surface area contributed by atoms with Crippen molar-refractivity contribution in [1.29, 1.82) is 0 Å². The Balaban J connectivity index is 1.37. The largest absolute Gasteiger partial charge is 0.493 e. The minimum absolute atomic E-state index is 0.0918. The first kappa shape index (κ1) is 24.0. The van der Waals surface area contributed by atoms with Crippen LogP contribution in [0.25, 0.3) is 11.3 Å². The molecule has 1 N–H and O–H groups in total. The zero-order valence-electron chi connectivity index (χ0n) is 20.4. The van der Waals surface area contributed by atoms with E-state index in [-0.39, 0.29) is 23.5 Å². The summed E-state index contributed by atoms with van der Waals surface area (Å²) in [7, 11) is 3.19. The van der Waals surface area contributed by atoms with Crippen molar-refractivity contribution < 1.29 is 14.3 Å². The topological polar surface area (TPSA) is 99.8 Å². The Bertz CT molecular complexity index is 1400. The van der Waals surface area contributed by atoms with Gasteiger partial charge in [-0.1, -0.05) is 12.1 Å². The second-order valence-electron chi connectivity index (χ2n) is 8.42. The second-order valence-corrected chi connectivity index (χ2v) is 8.42. The highest BCUT2D eigenvalue weighted by Gasteiger charge is 2.13. The Hall–Kier alpha value is -4.14. The van der Waals surface area contributed by atoms with Crippen LogP contribution in [0.5, 0.6) is 11.5 Å². The van der Waals surface area contributed by atoms with Gasteiger partial charge in [0.2, 0.25) is 11.6 Å². The molecule has 2 aromatic carbocycles. The average Bonchev–Trinajstić information content (AvgIpc) is 3.26. The number of nitrogens with zero attached hydrogens (tertiary/aromatic N) is 4. The van der Waals surface area contributed by atoms with Crippen LogP contribution in [0.3, 0.4) is 0 Å². The number of aryl methyl sites for hydroxylation is 3. The van der Waals surface area contributed by atoms with Crippen molar-refractivity contribution in [1.82, 2.24) is 24.5 Å². The number of methoxy groups -OCH3 is 2. The quantitative estimate of drug-likeness (QED) is 0.400. The first-order chi connectivity index (χ1) is 16.9. The number of ether oxygens (including phenoxy) is 2. The number of fused-ring (bicyclic) bond motifs is 1. The molecule has 2 heterocycles. The molecule has 0 aliphatic rings. The monoisotopic (exact) mass is 475 g/mol. The molecule has 9 nitrogen and oxygen atoms in total. The van der Waals surface area contributed by atoms with E-state index in [1.54, 1.807) is 35.6 Å². The second kappa shape index (κ2) is 10.4. The minimum atomic E-state index is -0.254. The summed E-state index contributed by atoms with van der Waals surface area (Å²) in [6.07, 6.45) is 4.75. The predicted octanol–water partition coefficient (Wildman–Crippen LogP) is 2.81. The first-order valence-electron chi connectivity index (χ1n) is 11.4. The smallest absolute Gasteiger partial charge is 0.300 e. The van der Waals surface area contributed by atoms with Crippen LogP contribution in [0.4, 0.5) is 0 Å². The fraction of sp³-hybridized carbons (Fsp3) is 0.308. The third-order valence-electron chi connectivity index (χ3n) is 5.79. The number of aromatic nitrogens is 4. The number of nitrogens with one attached hydrogen (secondary N) is 1. The average molecular weight is 476 g/mol. The van der Waals surface area contributed by atoms with Gasteiger partial charge < -0.3 is 14.8 Å². The number of rotatable bonds is 9. The molecule has 1 amide bonds. The van der Waals surface area contributed by atoms with E-state index in [9.17, 15) is 9.59 Å². The van der Waals surface area contributed by atoms with Crippen LogP contribution in [-0.4, -0.2) is 45.8 Å². The van der Waals surface area contributed by atoms with Gasteiger partial charge in [-0.3, -0.25) is 18.6 Å². The SMILES string of the molecule is COc1ccc(CCNC(=O)CCc2nnc3c(=O)n(-c4cc(C)cc(C)c4)ccn23)cc1OC. The van der Waals surface area contributed by atoms with E-state index in [1.165, 1.54) is 0 Å². The molecular formula is C26H29N5O4. The summed E-state index contributed by atoms with van der Waals surface area (Å²) in [5.74, 6) is 1.80. The van der Waals surface area contributed by atoms with Gasteiger partial charge >= 0.3 is 5.56 Å². The van der Waals surface area contributed by atoms with Crippen molar-refractivity contribution in [2.45, 2.75) is 33.1 Å². The van der Waals surface area contributed by atoms with Crippen LogP contribution in [0.2, 0.25) is 0 Å². The zero-order chi connectivity index (χ0) is 24.9. The van der Waals surface area contributed by atoms with Crippen molar-refractivity contribution in [3.05, 3.63) is 81.7 Å². The molecule has 182 valence electrons. The molecule has 0 aliphatic carbocycles. The van der Waals surface area contributed by atoms with Crippen LogP contribution >= 0.6 is 0 Å². The maximum atomic E-state index is 13.0. The molecular weight excluding hydrogens is 446 g/mol. The van der Waals surface area contributed by atoms with E-state index in [0.29, 0.717) is 36.7 Å². The lowest BCUT2D eigenvalue weighted by atomic mass is 10.1. The van der Waals surface area contributed by atoms with Crippen molar-refractivity contribution in [2.24, 2.45) is 0 Å². The Morgan fingerprint density at radius 3 is 2.40 bits per heavy atom. The molecule has 35 heavy (non-hydrogen) atoms. The van der Waals surface area contributed by atoms with E-state index >= 15 is 0 Å². The highest BCUT2D eigenvalue weighted by molar-refractivity contribution is 5.76. The Labute approximate surface area is 203 Å². The normalized spacial score (nSPS) is 11.0. The maximum absolute atomic E-state index is 13.0. The molecule has 0 radical (unpaired) electrons. The molecule has 2 aromatic heterocycles. The maximum Gasteiger partial charge on any atom is 0.300 e. The van der Waals surface area contributed by atoms with Crippen molar-refractivity contribution in [3.63, 3.8) is 0 Å². The van der Waals surface area contributed by atoms with E-state index in [2.05, 4.69) is 21.6 Å². The van der Waals surface area contributed by atoms with Gasteiger partial charge in [0.25, 0.3) is 0 Å². The highest BCUT2D eigenvalue weighted by atomic mass is 16.5. The highest BCUT2D eigenvalue weighted by Crippen LogP contribution is 2.27. The van der Waals surface area contributed by atoms with Gasteiger partial charge in [-0.25, -0.2) is 0 Å². The van der Waals surface area contributed by atoms with Crippen molar-refractivity contribution in [2.75, 3.05) is 20.8 Å². The van der Waals surface area contributed by atoms with Crippen LogP contribution < -0.4 is 20.3 Å². The Morgan fingerprint density at radius 2 is 1.69 bits per heavy atom. The van der Waals surface area contributed by atoms with Gasteiger partial charge in [0.05, 0.1) is 14.2 Å². The van der Waals surface area contributed by atoms with E-state index in [0.717, 1.165) is 22.4 Å². The van der Waals surface area contributed by atoms with Crippen LogP contribution in [0, 0.1) is 13.8 Å². The molecule has 0 saturated carbocycles. The summed E-state index contributed by atoms with van der Waals surface area (Å²) in [5.41, 5.74) is 3.95. The molecule has 0 spiro atoms. The van der Waals surface area contributed by atoms with Crippen LogP contribution in [0.15, 0.2) is 53.6 Å². The summed E-state index contributed by atoms with van der Waals surface area (Å²) >= 11 is 0. The number of hydrogen-bond acceptors (Lipinski definition) is 6. The standard InChI is InChI=1S/C26H29N5O4/c1-17-13-18(2)15-20(14-17)30-11-12-31-23(28-29-25(31)26(30)33)7-8-24(32)27-10-9-19-5-6-21(34-3)22(16-19)35-4/h5-6,11-16H,7-10H2,1-4H3,(H,27,32). The molecule has 0 fully saturated rings. The molecule has 4 aromatic rings. The van der Waals surface area contributed by atoms with E-state index in [4.69, 9.17) is 9.47 Å². The first-order valence-corrected chi connectivity index (χ1v) is 11.4. The number of carbonyl (C=O) groups is 1. The van der Waals surface area contributed by atoms with Gasteiger partial charge in [0, 0.05) is 37.5 Å². The van der Waals surface area contributed by atoms with Gasteiger partial charge in [0.1, 0.15) is 5.82 Å². The number of hydrogen-bond donors (Lipinski definition) is 1. The predicted molar refractivity (Wildman–Crippen MR) is 133 cm³/mol. The number of amides is 1. The fourth-order valence-electron chi connectivity index (χ4n) is 4.09. The van der Waals surface area contributed by atoms with Crippen molar-refractivity contribution >= 4 is 11.6 Å². The third-order valence-corrected chi connectivity index (χ3v) is 5.79. The summed E-state index contributed by atoms with van der Waals surface area (Å²) in [6, 6.07) is 11.7. The van der Waals surface area contributed by atoms with Crippen LogP contribution in [0.1, 0.15) is 28.9 Å². The van der Waals surface area contributed by atoms with Gasteiger partial charge in [-0.2, -0.15) is 0 Å². The lowest BCUT2D eigenvalue weighted by Crippen LogP contribution is -2.26. The van der Waals surface area contributed by atoms with Gasteiger partial charge in [-0.15, -0.1) is 10.2 Å². The molecule has 0 aliphatic heterocycles. The molecule has 0 atom stereocenters. The molecule has 9 heteroatoms.